The second-order valence-corrected chi connectivity index (χ2v) is 2.22. The van der Waals surface area contributed by atoms with Gasteiger partial charge in [-0.2, -0.15) is 22.0 Å². The van der Waals surface area contributed by atoms with Crippen LogP contribution in [0.5, 0.6) is 0 Å². The van der Waals surface area contributed by atoms with E-state index in [-0.39, 0.29) is 12.2 Å². The van der Waals surface area contributed by atoms with E-state index in [2.05, 4.69) is 0 Å². The molecule has 0 rings (SSSR count). The maximum Gasteiger partial charge on any atom is 0.456 e. The number of halogens is 6. The number of allylic oxidation sites excluding steroid dienone is 1. The Labute approximate surface area is 73.8 Å². The molecule has 1 atom stereocenters. The molecule has 0 aromatic carbocycles. The molecule has 0 aliphatic carbocycles. The highest BCUT2D eigenvalue weighted by molar-refractivity contribution is 5.79. The molecular formula is C6H4F6O2. The maximum atomic E-state index is 12.2. The molecule has 2 nitrogen and oxygen atoms in total. The Bertz CT molecular complexity index is 243. The lowest BCUT2D eigenvalue weighted by Gasteiger charge is -2.20. The summed E-state index contributed by atoms with van der Waals surface area (Å²) in [4.78, 5) is 9.70. The lowest BCUT2D eigenvalue weighted by atomic mass is 10.2. The molecule has 82 valence electrons. The summed E-state index contributed by atoms with van der Waals surface area (Å²) in [5.41, 5.74) is 0. The van der Waals surface area contributed by atoms with E-state index in [1.54, 1.807) is 0 Å². The molecule has 0 spiro atoms. The first kappa shape index (κ1) is 12.8. The number of aliphatic carboxylic acids is 1. The molecule has 0 aliphatic rings. The van der Waals surface area contributed by atoms with Gasteiger partial charge in [0.1, 0.15) is 0 Å². The zero-order chi connectivity index (χ0) is 11.6. The monoisotopic (exact) mass is 222 g/mol. The fraction of sp³-hybridized carbons (Fsp3) is 0.500. The number of carboxylic acid groups (broad SMARTS) is 1. The zero-order valence-corrected chi connectivity index (χ0v) is 6.36. The summed E-state index contributed by atoms with van der Waals surface area (Å²) in [6, 6.07) is 0. The smallest absolute Gasteiger partial charge is 0.456 e. The van der Waals surface area contributed by atoms with E-state index in [4.69, 9.17) is 5.11 Å². The van der Waals surface area contributed by atoms with Gasteiger partial charge in [0.25, 0.3) is 0 Å². The van der Waals surface area contributed by atoms with E-state index < -0.39 is 24.2 Å². The van der Waals surface area contributed by atoms with Crippen LogP contribution in [0.1, 0.15) is 0 Å². The van der Waals surface area contributed by atoms with Crippen molar-refractivity contribution < 1.29 is 36.2 Å². The van der Waals surface area contributed by atoms with Gasteiger partial charge in [-0.05, 0) is 6.08 Å². The summed E-state index contributed by atoms with van der Waals surface area (Å²) in [7, 11) is 0. The van der Waals surface area contributed by atoms with Crippen molar-refractivity contribution in [2.24, 2.45) is 0 Å². The molecule has 0 saturated heterocycles. The van der Waals surface area contributed by atoms with Crippen molar-refractivity contribution in [1.29, 1.82) is 0 Å². The Morgan fingerprint density at radius 2 is 1.64 bits per heavy atom. The molecule has 0 aromatic rings. The van der Waals surface area contributed by atoms with Gasteiger partial charge >= 0.3 is 18.1 Å². The van der Waals surface area contributed by atoms with Gasteiger partial charge in [-0.25, -0.2) is 9.18 Å². The number of alkyl halides is 6. The fourth-order valence-corrected chi connectivity index (χ4v) is 0.444. The van der Waals surface area contributed by atoms with Gasteiger partial charge < -0.3 is 5.11 Å². The average Bonchev–Trinajstić information content (AvgIpc) is 1.97. The third kappa shape index (κ3) is 2.93. The van der Waals surface area contributed by atoms with Crippen LogP contribution < -0.4 is 0 Å². The van der Waals surface area contributed by atoms with Gasteiger partial charge in [-0.3, -0.25) is 0 Å². The minimum absolute atomic E-state index is 0.121. The van der Waals surface area contributed by atoms with Crippen molar-refractivity contribution in [1.82, 2.24) is 0 Å². The molecule has 0 radical (unpaired) electrons. The van der Waals surface area contributed by atoms with Crippen molar-refractivity contribution in [3.05, 3.63) is 12.2 Å². The first-order valence-corrected chi connectivity index (χ1v) is 3.08. The molecule has 1 unspecified atom stereocenters. The summed E-state index contributed by atoms with van der Waals surface area (Å²) in [5, 5.41) is 7.85. The van der Waals surface area contributed by atoms with Crippen molar-refractivity contribution >= 4 is 5.97 Å². The van der Waals surface area contributed by atoms with Gasteiger partial charge in [0.05, 0.1) is 0 Å². The Morgan fingerprint density at radius 1 is 1.21 bits per heavy atom. The topological polar surface area (TPSA) is 37.3 Å². The van der Waals surface area contributed by atoms with Gasteiger partial charge in [0.2, 0.25) is 0 Å². The van der Waals surface area contributed by atoms with Crippen LogP contribution in [-0.4, -0.2) is 29.3 Å². The highest BCUT2D eigenvalue weighted by Crippen LogP contribution is 2.39. The van der Waals surface area contributed by atoms with Crippen LogP contribution in [0.2, 0.25) is 0 Å². The molecular weight excluding hydrogens is 218 g/mol. The molecule has 0 saturated carbocycles. The van der Waals surface area contributed by atoms with Gasteiger partial charge in [-0.1, -0.05) is 0 Å². The van der Waals surface area contributed by atoms with Crippen LogP contribution in [0.25, 0.3) is 0 Å². The van der Waals surface area contributed by atoms with Crippen molar-refractivity contribution in [2.75, 3.05) is 0 Å². The fourth-order valence-electron chi connectivity index (χ4n) is 0.444. The van der Waals surface area contributed by atoms with E-state index >= 15 is 0 Å². The molecule has 0 fully saturated rings. The molecule has 1 N–H and O–H groups in total. The Hall–Kier alpha value is -1.21. The first-order valence-electron chi connectivity index (χ1n) is 3.08. The third-order valence-electron chi connectivity index (χ3n) is 1.13. The molecule has 0 aliphatic heterocycles. The van der Waals surface area contributed by atoms with Crippen LogP contribution in [-0.2, 0) is 4.79 Å². The first-order chi connectivity index (χ1) is 6.09. The molecule has 0 aromatic heterocycles. The number of carboxylic acids is 1. The normalized spacial score (nSPS) is 15.9. The van der Waals surface area contributed by atoms with E-state index in [1.165, 1.54) is 0 Å². The average molecular weight is 222 g/mol. The number of rotatable bonds is 3. The quantitative estimate of drug-likeness (QED) is 0.586. The Morgan fingerprint density at radius 3 is 1.93 bits per heavy atom. The molecule has 0 bridgehead atoms. The summed E-state index contributed by atoms with van der Waals surface area (Å²) >= 11 is 0. The summed E-state index contributed by atoms with van der Waals surface area (Å²) in [6.45, 7) is 0. The lowest BCUT2D eigenvalue weighted by Crippen LogP contribution is -2.44. The van der Waals surface area contributed by atoms with Gasteiger partial charge in [-0.15, -0.1) is 0 Å². The molecule has 0 amide bonds. The summed E-state index contributed by atoms with van der Waals surface area (Å²) in [5.74, 6) is -7.40. The minimum Gasteiger partial charge on any atom is -0.478 e. The maximum absolute atomic E-state index is 12.2. The van der Waals surface area contributed by atoms with E-state index in [1.807, 2.05) is 0 Å². The summed E-state index contributed by atoms with van der Waals surface area (Å²) in [6.07, 6.45) is -10.2. The SMILES string of the molecule is O=C(O)C=CC(F)C(F)(F)C(F)(F)F. The lowest BCUT2D eigenvalue weighted by molar-refractivity contribution is -0.297. The van der Waals surface area contributed by atoms with Gasteiger partial charge in [0, 0.05) is 6.08 Å². The largest absolute Gasteiger partial charge is 0.478 e. The van der Waals surface area contributed by atoms with E-state index in [0.29, 0.717) is 0 Å². The Kier molecular flexibility index (Phi) is 3.55. The van der Waals surface area contributed by atoms with Crippen molar-refractivity contribution in [3.63, 3.8) is 0 Å². The summed E-state index contributed by atoms with van der Waals surface area (Å²) < 4.78 is 70.6. The molecule has 0 heterocycles. The van der Waals surface area contributed by atoms with Crippen LogP contribution in [0, 0.1) is 0 Å². The second kappa shape index (κ2) is 3.89. The van der Waals surface area contributed by atoms with E-state index in [9.17, 15) is 31.1 Å². The third-order valence-corrected chi connectivity index (χ3v) is 1.13. The highest BCUT2D eigenvalue weighted by atomic mass is 19.4. The number of carbonyl (C=O) groups is 1. The zero-order valence-electron chi connectivity index (χ0n) is 6.36. The second-order valence-electron chi connectivity index (χ2n) is 2.22. The predicted molar refractivity (Wildman–Crippen MR) is 32.7 cm³/mol. The molecule has 14 heavy (non-hydrogen) atoms. The minimum atomic E-state index is -6.05. The molecule has 8 heteroatoms. The predicted octanol–water partition coefficient (Wildman–Crippen LogP) is 2.16. The number of hydrogen-bond acceptors (Lipinski definition) is 1. The highest BCUT2D eigenvalue weighted by Gasteiger charge is 2.62. The standard InChI is InChI=1S/C6H4F6O2/c7-3(1-2-4(13)14)5(8,9)6(10,11)12/h1-3H,(H,13,14). The van der Waals surface area contributed by atoms with Crippen LogP contribution in [0.15, 0.2) is 12.2 Å². The van der Waals surface area contributed by atoms with Gasteiger partial charge in [0.15, 0.2) is 6.17 Å². The Balaban J connectivity index is 4.68. The van der Waals surface area contributed by atoms with Crippen molar-refractivity contribution in [2.45, 2.75) is 18.3 Å². The van der Waals surface area contributed by atoms with E-state index in [0.717, 1.165) is 0 Å². The van der Waals surface area contributed by atoms with Crippen LogP contribution in [0.3, 0.4) is 0 Å². The number of hydrogen-bond donors (Lipinski definition) is 1. The van der Waals surface area contributed by atoms with Crippen molar-refractivity contribution in [3.8, 4) is 0 Å². The van der Waals surface area contributed by atoms with Crippen LogP contribution >= 0.6 is 0 Å². The van der Waals surface area contributed by atoms with Crippen LogP contribution in [0.4, 0.5) is 26.3 Å².